The Hall–Kier alpha value is -1.06. The van der Waals surface area contributed by atoms with Gasteiger partial charge in [0.15, 0.2) is 0 Å². The third kappa shape index (κ3) is 3.03. The molecule has 1 saturated carbocycles. The lowest BCUT2D eigenvalue weighted by atomic mass is 10.1. The molecule has 1 aliphatic carbocycles. The van der Waals surface area contributed by atoms with Crippen molar-refractivity contribution in [3.63, 3.8) is 0 Å². The molecule has 0 aliphatic heterocycles. The lowest BCUT2D eigenvalue weighted by molar-refractivity contribution is 0.0645. The summed E-state index contributed by atoms with van der Waals surface area (Å²) in [5.74, 6) is 0.315. The highest BCUT2D eigenvalue weighted by Crippen LogP contribution is 2.32. The third-order valence-corrected chi connectivity index (χ3v) is 3.63. The van der Waals surface area contributed by atoms with Crippen LogP contribution in [0.4, 0.5) is 0 Å². The Bertz CT molecular complexity index is 457. The minimum Gasteiger partial charge on any atom is -0.391 e. The molecule has 0 bridgehead atoms. The fourth-order valence-electron chi connectivity index (χ4n) is 2.07. The van der Waals surface area contributed by atoms with Gasteiger partial charge < -0.3 is 10.0 Å². The molecule has 4 heteroatoms. The highest BCUT2D eigenvalue weighted by Gasteiger charge is 2.31. The normalized spacial score (nSPS) is 16.4. The largest absolute Gasteiger partial charge is 0.391 e. The molecule has 18 heavy (non-hydrogen) atoms. The maximum absolute atomic E-state index is 12.2. The lowest BCUT2D eigenvalue weighted by Crippen LogP contribution is -2.35. The third-order valence-electron chi connectivity index (χ3n) is 3.39. The lowest BCUT2D eigenvalue weighted by Gasteiger charge is -2.21. The highest BCUT2D eigenvalue weighted by molar-refractivity contribution is 6.30. The van der Waals surface area contributed by atoms with E-state index in [4.69, 9.17) is 11.6 Å². The van der Waals surface area contributed by atoms with Crippen molar-refractivity contribution in [3.05, 3.63) is 34.3 Å². The molecule has 98 valence electrons. The molecule has 1 aromatic rings. The molecule has 1 N–H and O–H groups in total. The Labute approximate surface area is 112 Å². The van der Waals surface area contributed by atoms with E-state index in [1.807, 2.05) is 6.92 Å². The second-order valence-electron chi connectivity index (χ2n) is 5.05. The molecule has 0 saturated heterocycles. The minimum absolute atomic E-state index is 0.0659. The number of amides is 1. The standard InChI is InChI=1S/C14H18ClNO2/c1-9-7-11(15)5-6-12(9)14(18)16(2)8-13(17)10-3-4-10/h5-7,10,13,17H,3-4,8H2,1-2H3. The van der Waals surface area contributed by atoms with Crippen LogP contribution in [0.2, 0.25) is 5.02 Å². The summed E-state index contributed by atoms with van der Waals surface area (Å²) in [6.45, 7) is 2.26. The van der Waals surface area contributed by atoms with E-state index in [0.29, 0.717) is 23.0 Å². The maximum atomic E-state index is 12.2. The van der Waals surface area contributed by atoms with Crippen LogP contribution in [0.15, 0.2) is 18.2 Å². The number of halogens is 1. The number of aliphatic hydroxyl groups excluding tert-OH is 1. The smallest absolute Gasteiger partial charge is 0.253 e. The Kier molecular flexibility index (Phi) is 3.93. The first-order valence-electron chi connectivity index (χ1n) is 6.18. The van der Waals surface area contributed by atoms with Crippen molar-refractivity contribution in [2.75, 3.05) is 13.6 Å². The molecule has 1 atom stereocenters. The molecule has 0 spiro atoms. The predicted octanol–water partition coefficient (Wildman–Crippen LogP) is 2.49. The summed E-state index contributed by atoms with van der Waals surface area (Å²) < 4.78 is 0. The Morgan fingerprint density at radius 1 is 1.56 bits per heavy atom. The highest BCUT2D eigenvalue weighted by atomic mass is 35.5. The predicted molar refractivity (Wildman–Crippen MR) is 71.9 cm³/mol. The second kappa shape index (κ2) is 5.29. The average molecular weight is 268 g/mol. The van der Waals surface area contributed by atoms with E-state index in [0.717, 1.165) is 18.4 Å². The number of nitrogens with zero attached hydrogens (tertiary/aromatic N) is 1. The van der Waals surface area contributed by atoms with Crippen molar-refractivity contribution in [2.24, 2.45) is 5.92 Å². The molecule has 1 aromatic carbocycles. The van der Waals surface area contributed by atoms with Crippen LogP contribution >= 0.6 is 11.6 Å². The molecule has 0 aromatic heterocycles. The number of carbonyl (C=O) groups is 1. The summed E-state index contributed by atoms with van der Waals surface area (Å²) in [6, 6.07) is 5.23. The van der Waals surface area contributed by atoms with Gasteiger partial charge in [-0.05, 0) is 49.4 Å². The van der Waals surface area contributed by atoms with Crippen LogP contribution in [-0.2, 0) is 0 Å². The number of hydrogen-bond acceptors (Lipinski definition) is 2. The fourth-order valence-corrected chi connectivity index (χ4v) is 2.29. The Balaban J connectivity index is 2.04. The molecule has 3 nitrogen and oxygen atoms in total. The van der Waals surface area contributed by atoms with Crippen molar-refractivity contribution in [3.8, 4) is 0 Å². The molecule has 1 aliphatic rings. The number of benzene rings is 1. The van der Waals surface area contributed by atoms with Gasteiger partial charge in [0.2, 0.25) is 0 Å². The molecular formula is C14H18ClNO2. The van der Waals surface area contributed by atoms with Gasteiger partial charge in [-0.25, -0.2) is 0 Å². The van der Waals surface area contributed by atoms with Crippen molar-refractivity contribution in [2.45, 2.75) is 25.9 Å². The summed E-state index contributed by atoms with van der Waals surface area (Å²) in [7, 11) is 1.72. The first-order valence-corrected chi connectivity index (χ1v) is 6.56. The van der Waals surface area contributed by atoms with Crippen molar-refractivity contribution >= 4 is 17.5 Å². The Morgan fingerprint density at radius 2 is 2.22 bits per heavy atom. The van der Waals surface area contributed by atoms with E-state index in [2.05, 4.69) is 0 Å². The summed E-state index contributed by atoms with van der Waals surface area (Å²) in [5.41, 5.74) is 1.50. The molecule has 2 rings (SSSR count). The van der Waals surface area contributed by atoms with Gasteiger partial charge in [-0.15, -0.1) is 0 Å². The molecule has 0 heterocycles. The van der Waals surface area contributed by atoms with Gasteiger partial charge in [0.05, 0.1) is 6.10 Å². The van der Waals surface area contributed by atoms with E-state index in [-0.39, 0.29) is 5.91 Å². The monoisotopic (exact) mass is 267 g/mol. The van der Waals surface area contributed by atoms with Crippen LogP contribution in [0.1, 0.15) is 28.8 Å². The minimum atomic E-state index is -0.397. The quantitative estimate of drug-likeness (QED) is 0.911. The average Bonchev–Trinajstić information content (AvgIpc) is 3.11. The van der Waals surface area contributed by atoms with Crippen LogP contribution in [0, 0.1) is 12.8 Å². The fraction of sp³-hybridized carbons (Fsp3) is 0.500. The number of rotatable bonds is 4. The van der Waals surface area contributed by atoms with Crippen LogP contribution in [0.5, 0.6) is 0 Å². The number of carbonyl (C=O) groups excluding carboxylic acids is 1. The SMILES string of the molecule is Cc1cc(Cl)ccc1C(=O)N(C)CC(O)C1CC1. The first-order chi connectivity index (χ1) is 8.49. The van der Waals surface area contributed by atoms with E-state index >= 15 is 0 Å². The zero-order chi connectivity index (χ0) is 13.3. The van der Waals surface area contributed by atoms with Crippen molar-refractivity contribution in [1.82, 2.24) is 4.90 Å². The van der Waals surface area contributed by atoms with Gasteiger partial charge in [0.1, 0.15) is 0 Å². The number of aryl methyl sites for hydroxylation is 1. The molecule has 0 radical (unpaired) electrons. The number of hydrogen-bond donors (Lipinski definition) is 1. The van der Waals surface area contributed by atoms with Crippen molar-refractivity contribution in [1.29, 1.82) is 0 Å². The van der Waals surface area contributed by atoms with E-state index < -0.39 is 6.10 Å². The summed E-state index contributed by atoms with van der Waals surface area (Å²) in [5, 5.41) is 10.5. The number of aliphatic hydroxyl groups is 1. The van der Waals surface area contributed by atoms with E-state index in [1.54, 1.807) is 30.1 Å². The van der Waals surface area contributed by atoms with E-state index in [1.165, 1.54) is 0 Å². The zero-order valence-corrected chi connectivity index (χ0v) is 11.4. The molecular weight excluding hydrogens is 250 g/mol. The summed E-state index contributed by atoms with van der Waals surface area (Å²) in [4.78, 5) is 13.8. The zero-order valence-electron chi connectivity index (χ0n) is 10.7. The first kappa shape index (κ1) is 13.4. The topological polar surface area (TPSA) is 40.5 Å². The van der Waals surface area contributed by atoms with Crippen molar-refractivity contribution < 1.29 is 9.90 Å². The summed E-state index contributed by atoms with van der Waals surface area (Å²) in [6.07, 6.45) is 1.75. The second-order valence-corrected chi connectivity index (χ2v) is 5.49. The van der Waals surface area contributed by atoms with Crippen LogP contribution in [0.25, 0.3) is 0 Å². The van der Waals surface area contributed by atoms with Crippen LogP contribution < -0.4 is 0 Å². The van der Waals surface area contributed by atoms with Gasteiger partial charge in [-0.1, -0.05) is 11.6 Å². The van der Waals surface area contributed by atoms with Gasteiger partial charge in [-0.3, -0.25) is 4.79 Å². The Morgan fingerprint density at radius 3 is 2.78 bits per heavy atom. The van der Waals surface area contributed by atoms with Gasteiger partial charge >= 0.3 is 0 Å². The van der Waals surface area contributed by atoms with E-state index in [9.17, 15) is 9.90 Å². The van der Waals surface area contributed by atoms with Crippen LogP contribution in [-0.4, -0.2) is 35.6 Å². The molecule has 1 unspecified atom stereocenters. The van der Waals surface area contributed by atoms with Gasteiger partial charge in [-0.2, -0.15) is 0 Å². The van der Waals surface area contributed by atoms with Crippen LogP contribution in [0.3, 0.4) is 0 Å². The number of likely N-dealkylation sites (N-methyl/N-ethyl adjacent to an activating group) is 1. The summed E-state index contributed by atoms with van der Waals surface area (Å²) >= 11 is 5.87. The molecule has 1 amide bonds. The molecule has 1 fully saturated rings. The van der Waals surface area contributed by atoms with Gasteiger partial charge in [0.25, 0.3) is 5.91 Å². The maximum Gasteiger partial charge on any atom is 0.253 e. The van der Waals surface area contributed by atoms with Gasteiger partial charge in [0, 0.05) is 24.2 Å².